The molecule has 2 nitrogen and oxygen atoms in total. The summed E-state index contributed by atoms with van der Waals surface area (Å²) in [6.45, 7) is 7.08. The number of rotatable bonds is 12. The van der Waals surface area contributed by atoms with Crippen LogP contribution in [0.25, 0.3) is 0 Å². The van der Waals surface area contributed by atoms with Crippen LogP contribution in [0.1, 0.15) is 72.1 Å². The predicted octanol–water partition coefficient (Wildman–Crippen LogP) is 4.28. The second-order valence-corrected chi connectivity index (χ2v) is 7.78. The fourth-order valence-corrected chi connectivity index (χ4v) is 3.65. The summed E-state index contributed by atoms with van der Waals surface area (Å²) in [6, 6.07) is 0. The summed E-state index contributed by atoms with van der Waals surface area (Å²) in [5.74, 6) is 0. The first kappa shape index (κ1) is 21.0. The lowest BCUT2D eigenvalue weighted by atomic mass is 10.2. The zero-order valence-electron chi connectivity index (χ0n) is 12.0. The molecule has 0 aromatic heterocycles. The Hall–Kier alpha value is 0.722. The molecule has 0 spiro atoms. The van der Waals surface area contributed by atoms with Gasteiger partial charge in [0.05, 0.1) is 6.61 Å². The van der Waals surface area contributed by atoms with E-state index in [0.717, 1.165) is 19.0 Å². The Bertz CT molecular complexity index is 210. The number of unbranched alkanes of at least 4 members (excludes halogenated alkanes) is 6. The molecule has 0 radical (unpaired) electrons. The van der Waals surface area contributed by atoms with Gasteiger partial charge in [-0.1, -0.05) is 59.3 Å². The Kier molecular flexibility index (Phi) is 16.5. The van der Waals surface area contributed by atoms with Crippen LogP contribution in [0.3, 0.4) is 0 Å². The highest BCUT2D eigenvalue weighted by Gasteiger charge is 2.19. The van der Waals surface area contributed by atoms with Gasteiger partial charge in [-0.25, -0.2) is 0 Å². The molecule has 0 aliphatic heterocycles. The van der Waals surface area contributed by atoms with Crippen LogP contribution in [-0.4, -0.2) is 36.3 Å². The molecule has 0 heterocycles. The van der Waals surface area contributed by atoms with Gasteiger partial charge in [0.2, 0.25) is 7.37 Å². The van der Waals surface area contributed by atoms with Gasteiger partial charge in [0.1, 0.15) is 0 Å². The Morgan fingerprint density at radius 3 is 1.89 bits per heavy atom. The van der Waals surface area contributed by atoms with Crippen LogP contribution in [0.15, 0.2) is 0 Å². The molecule has 4 heteroatoms. The van der Waals surface area contributed by atoms with Gasteiger partial charge in [-0.15, -0.1) is 0 Å². The zero-order chi connectivity index (χ0) is 13.0. The third kappa shape index (κ3) is 11.8. The van der Waals surface area contributed by atoms with Crippen LogP contribution in [-0.2, 0) is 9.09 Å². The maximum absolute atomic E-state index is 12.4. The summed E-state index contributed by atoms with van der Waals surface area (Å²) in [4.78, 5) is 0. The van der Waals surface area contributed by atoms with E-state index in [1.54, 1.807) is 0 Å². The number of hydrogen-bond donors (Lipinski definition) is 0. The zero-order valence-corrected chi connectivity index (χ0v) is 12.9. The molecule has 0 aliphatic carbocycles. The van der Waals surface area contributed by atoms with Crippen molar-refractivity contribution in [3.8, 4) is 0 Å². The normalized spacial score (nSPS) is 13.9. The quantitative estimate of drug-likeness (QED) is 0.305. The van der Waals surface area contributed by atoms with E-state index >= 15 is 0 Å². The minimum atomic E-state index is -2.29. The molecule has 0 aromatic carbocycles. The minimum absolute atomic E-state index is 0. The Balaban J connectivity index is 0. The minimum Gasteiger partial charge on any atom is -0.328 e. The monoisotopic (exact) mass is 292 g/mol. The first-order valence-corrected chi connectivity index (χ1v) is 9.40. The van der Waals surface area contributed by atoms with Crippen molar-refractivity contribution in [3.63, 3.8) is 0 Å². The van der Waals surface area contributed by atoms with Gasteiger partial charge in [-0.05, 0) is 12.8 Å². The van der Waals surface area contributed by atoms with E-state index < -0.39 is 7.37 Å². The van der Waals surface area contributed by atoms with Crippen molar-refractivity contribution >= 4 is 24.7 Å². The Morgan fingerprint density at radius 2 is 1.39 bits per heavy atom. The molecule has 18 heavy (non-hydrogen) atoms. The molecule has 0 amide bonds. The molecule has 1 unspecified atom stereocenters. The molecule has 0 saturated heterocycles. The van der Waals surface area contributed by atoms with E-state index in [0.29, 0.717) is 12.8 Å². The molecule has 0 aromatic rings. The highest BCUT2D eigenvalue weighted by atomic mass is 31.2. The summed E-state index contributed by atoms with van der Waals surface area (Å²) in [7, 11) is -2.29. The van der Waals surface area contributed by atoms with Crippen molar-refractivity contribution in [1.82, 2.24) is 0 Å². The lowest BCUT2D eigenvalue weighted by Crippen LogP contribution is -2.00. The van der Waals surface area contributed by atoms with Gasteiger partial charge in [-0.3, -0.25) is 4.57 Å². The van der Waals surface area contributed by atoms with Gasteiger partial charge in [0, 0.05) is 12.3 Å². The third-order valence-corrected chi connectivity index (χ3v) is 5.77. The van der Waals surface area contributed by atoms with E-state index in [9.17, 15) is 4.57 Å². The summed E-state index contributed by atoms with van der Waals surface area (Å²) in [6.07, 6.45) is 11.0. The van der Waals surface area contributed by atoms with Crippen molar-refractivity contribution < 1.29 is 9.09 Å². The summed E-state index contributed by atoms with van der Waals surface area (Å²) in [5.41, 5.74) is 0. The fraction of sp³-hybridized carbons (Fsp3) is 1.00. The molecule has 0 saturated carbocycles. The molecule has 0 bridgehead atoms. The van der Waals surface area contributed by atoms with Crippen LogP contribution in [0, 0.1) is 0 Å². The summed E-state index contributed by atoms with van der Waals surface area (Å²) < 4.78 is 18.0. The molecule has 0 N–H and O–H groups in total. The lowest BCUT2D eigenvalue weighted by molar-refractivity contribution is 0.302. The van der Waals surface area contributed by atoms with Gasteiger partial charge in [0.25, 0.3) is 0 Å². The first-order chi connectivity index (χ1) is 8.18. The standard InChI is InChI=1S/C14H31O2P.Al.3H/c1-4-7-9-11-13-16-17(15,6-3)14-12-10-8-5-2;;;;/h4-14H2,1-3H3;;;;. The van der Waals surface area contributed by atoms with Crippen molar-refractivity contribution in [2.45, 2.75) is 72.1 Å². The molecular formula is C14H34AlO2P. The van der Waals surface area contributed by atoms with Crippen molar-refractivity contribution in [1.29, 1.82) is 0 Å². The fourth-order valence-electron chi connectivity index (χ4n) is 1.85. The lowest BCUT2D eigenvalue weighted by Gasteiger charge is -2.16. The molecule has 0 aliphatic rings. The van der Waals surface area contributed by atoms with Crippen LogP contribution in [0.4, 0.5) is 0 Å². The van der Waals surface area contributed by atoms with Crippen molar-refractivity contribution in [2.24, 2.45) is 0 Å². The van der Waals surface area contributed by atoms with E-state index in [2.05, 4.69) is 13.8 Å². The second kappa shape index (κ2) is 14.1. The Morgan fingerprint density at radius 1 is 0.833 bits per heavy atom. The maximum Gasteiger partial charge on any atom is 0.202 e. The molecule has 0 rings (SSSR count). The highest BCUT2D eigenvalue weighted by molar-refractivity contribution is 7.58. The van der Waals surface area contributed by atoms with Gasteiger partial charge in [0.15, 0.2) is 17.4 Å². The molecule has 0 fully saturated rings. The Labute approximate surface area is 125 Å². The van der Waals surface area contributed by atoms with Crippen LogP contribution < -0.4 is 0 Å². The number of hydrogen-bond acceptors (Lipinski definition) is 2. The van der Waals surface area contributed by atoms with Gasteiger partial charge in [-0.2, -0.15) is 0 Å². The van der Waals surface area contributed by atoms with Gasteiger partial charge >= 0.3 is 0 Å². The smallest absolute Gasteiger partial charge is 0.202 e. The summed E-state index contributed by atoms with van der Waals surface area (Å²) in [5, 5.41) is 0. The average Bonchev–Trinajstić information content (AvgIpc) is 2.34. The average molecular weight is 292 g/mol. The van der Waals surface area contributed by atoms with Crippen molar-refractivity contribution in [3.05, 3.63) is 0 Å². The topological polar surface area (TPSA) is 26.3 Å². The van der Waals surface area contributed by atoms with E-state index in [-0.39, 0.29) is 17.4 Å². The summed E-state index contributed by atoms with van der Waals surface area (Å²) >= 11 is 0. The van der Waals surface area contributed by atoms with E-state index in [1.165, 1.54) is 38.5 Å². The molecule has 1 atom stereocenters. The van der Waals surface area contributed by atoms with Crippen LogP contribution in [0.2, 0.25) is 0 Å². The maximum atomic E-state index is 12.4. The third-order valence-electron chi connectivity index (χ3n) is 3.16. The molecular weight excluding hydrogens is 258 g/mol. The first-order valence-electron chi connectivity index (χ1n) is 7.41. The SMILES string of the molecule is CCCCCCOP(=O)(CC)CCCCCC.[AlH3]. The van der Waals surface area contributed by atoms with Crippen LogP contribution in [0.5, 0.6) is 0 Å². The van der Waals surface area contributed by atoms with E-state index in [1.807, 2.05) is 6.92 Å². The highest BCUT2D eigenvalue weighted by Crippen LogP contribution is 2.47. The largest absolute Gasteiger partial charge is 0.328 e. The van der Waals surface area contributed by atoms with Crippen LogP contribution >= 0.6 is 7.37 Å². The van der Waals surface area contributed by atoms with Gasteiger partial charge < -0.3 is 4.52 Å². The second-order valence-electron chi connectivity index (χ2n) is 4.81. The van der Waals surface area contributed by atoms with E-state index in [4.69, 9.17) is 4.52 Å². The predicted molar refractivity (Wildman–Crippen MR) is 87.2 cm³/mol. The molecule has 110 valence electrons. The van der Waals surface area contributed by atoms with Crippen molar-refractivity contribution in [2.75, 3.05) is 18.9 Å².